The van der Waals surface area contributed by atoms with Crippen molar-refractivity contribution in [1.29, 1.82) is 0 Å². The first-order chi connectivity index (χ1) is 11.1. The fraction of sp³-hybridized carbons (Fsp3) is 0.733. The number of primary amides is 1. The number of rotatable bonds is 6. The number of piperidine rings is 1. The van der Waals surface area contributed by atoms with Gasteiger partial charge in [-0.05, 0) is 32.1 Å². The van der Waals surface area contributed by atoms with E-state index < -0.39 is 0 Å². The summed E-state index contributed by atoms with van der Waals surface area (Å²) in [6.45, 7) is 4.38. The molecule has 0 spiro atoms. The third-order valence-electron chi connectivity index (χ3n) is 3.94. The molecule has 2 rings (SSSR count). The van der Waals surface area contributed by atoms with Crippen LogP contribution in [0.3, 0.4) is 0 Å². The Morgan fingerprint density at radius 1 is 1.54 bits per heavy atom. The molecule has 136 valence electrons. The summed E-state index contributed by atoms with van der Waals surface area (Å²) in [5, 5.41) is 7.14. The van der Waals surface area contributed by atoms with Crippen molar-refractivity contribution in [1.82, 2.24) is 20.4 Å². The maximum absolute atomic E-state index is 11.1. The van der Waals surface area contributed by atoms with E-state index in [1.54, 1.807) is 7.05 Å². The molecule has 0 aromatic carbocycles. The lowest BCUT2D eigenvalue weighted by Gasteiger charge is -2.34. The van der Waals surface area contributed by atoms with Crippen molar-refractivity contribution in [2.75, 3.05) is 26.7 Å². The number of aryl methyl sites for hydroxylation is 2. The van der Waals surface area contributed by atoms with Crippen LogP contribution in [0.1, 0.15) is 37.4 Å². The van der Waals surface area contributed by atoms with Gasteiger partial charge in [0.05, 0.1) is 0 Å². The average Bonchev–Trinajstić information content (AvgIpc) is 2.92. The van der Waals surface area contributed by atoms with Crippen LogP contribution in [0, 0.1) is 12.8 Å². The van der Waals surface area contributed by atoms with E-state index in [0.717, 1.165) is 51.3 Å². The van der Waals surface area contributed by atoms with E-state index in [9.17, 15) is 4.79 Å². The number of nitrogens with two attached hydrogens (primary N) is 1. The molecular weight excluding hydrogens is 423 g/mol. The number of nitrogens with one attached hydrogen (secondary N) is 1. The Kier molecular flexibility index (Phi) is 9.01. The van der Waals surface area contributed by atoms with Gasteiger partial charge in [0.15, 0.2) is 11.8 Å². The quantitative estimate of drug-likeness (QED) is 0.291. The largest absolute Gasteiger partial charge is 0.370 e. The van der Waals surface area contributed by atoms with E-state index >= 15 is 0 Å². The minimum atomic E-state index is -0.227. The third-order valence-corrected chi connectivity index (χ3v) is 3.94. The third kappa shape index (κ3) is 6.62. The Hall–Kier alpha value is -1.39. The molecule has 0 saturated carbocycles. The molecule has 1 aliphatic rings. The van der Waals surface area contributed by atoms with Gasteiger partial charge in [-0.15, -0.1) is 24.0 Å². The van der Waals surface area contributed by atoms with Gasteiger partial charge in [-0.2, -0.15) is 4.98 Å². The molecule has 1 fully saturated rings. The fourth-order valence-electron chi connectivity index (χ4n) is 2.92. The van der Waals surface area contributed by atoms with Gasteiger partial charge in [-0.1, -0.05) is 5.16 Å². The molecule has 24 heavy (non-hydrogen) atoms. The standard InChI is InChI=1S/C15H26N6O2.HI/c1-11-19-14(23-20-11)6-3-7-18-15(17-2)21-8-4-5-12(10-21)9-13(16)22;/h12H,3-10H2,1-2H3,(H2,16,22)(H,17,18);1H. The van der Waals surface area contributed by atoms with Crippen LogP contribution in [0.2, 0.25) is 0 Å². The molecule has 3 N–H and O–H groups in total. The average molecular weight is 450 g/mol. The number of nitrogens with zero attached hydrogens (tertiary/aromatic N) is 4. The van der Waals surface area contributed by atoms with Crippen LogP contribution in [0.4, 0.5) is 0 Å². The van der Waals surface area contributed by atoms with Gasteiger partial charge in [0.25, 0.3) is 0 Å². The fourth-order valence-corrected chi connectivity index (χ4v) is 2.92. The van der Waals surface area contributed by atoms with Crippen molar-refractivity contribution in [3.05, 3.63) is 11.7 Å². The van der Waals surface area contributed by atoms with Crippen molar-refractivity contribution < 1.29 is 9.32 Å². The summed E-state index contributed by atoms with van der Waals surface area (Å²) in [7, 11) is 1.78. The topological polar surface area (TPSA) is 110 Å². The molecular formula is C15H27IN6O2. The lowest BCUT2D eigenvalue weighted by Crippen LogP contribution is -2.47. The molecule has 0 aliphatic carbocycles. The van der Waals surface area contributed by atoms with E-state index in [-0.39, 0.29) is 29.9 Å². The molecule has 0 radical (unpaired) electrons. The van der Waals surface area contributed by atoms with Gasteiger partial charge < -0.3 is 20.5 Å². The van der Waals surface area contributed by atoms with Crippen molar-refractivity contribution in [3.8, 4) is 0 Å². The minimum absolute atomic E-state index is 0. The number of halogens is 1. The van der Waals surface area contributed by atoms with E-state index in [0.29, 0.717) is 24.1 Å². The van der Waals surface area contributed by atoms with Crippen molar-refractivity contribution >= 4 is 35.8 Å². The number of hydrogen-bond acceptors (Lipinski definition) is 5. The lowest BCUT2D eigenvalue weighted by atomic mass is 9.95. The molecule has 1 aromatic rings. The maximum atomic E-state index is 11.1. The van der Waals surface area contributed by atoms with Crippen LogP contribution < -0.4 is 11.1 Å². The summed E-state index contributed by atoms with van der Waals surface area (Å²) >= 11 is 0. The first kappa shape index (κ1) is 20.7. The van der Waals surface area contributed by atoms with Crippen LogP contribution in [0.25, 0.3) is 0 Å². The lowest BCUT2D eigenvalue weighted by molar-refractivity contribution is -0.119. The molecule has 9 heteroatoms. The predicted octanol–water partition coefficient (Wildman–Crippen LogP) is 1.09. The van der Waals surface area contributed by atoms with E-state index in [4.69, 9.17) is 10.3 Å². The normalized spacial score (nSPS) is 18.2. The Balaban J connectivity index is 0.00000288. The highest BCUT2D eigenvalue weighted by molar-refractivity contribution is 14.0. The van der Waals surface area contributed by atoms with E-state index in [1.807, 2.05) is 6.92 Å². The SMILES string of the molecule is CN=C(NCCCc1nc(C)no1)N1CCCC(CC(N)=O)C1.I. The zero-order valence-corrected chi connectivity index (χ0v) is 16.7. The second-order valence-electron chi connectivity index (χ2n) is 5.94. The van der Waals surface area contributed by atoms with Crippen LogP contribution in [-0.4, -0.2) is 53.6 Å². The van der Waals surface area contributed by atoms with Gasteiger partial charge in [-0.3, -0.25) is 9.79 Å². The van der Waals surface area contributed by atoms with Gasteiger partial charge in [0.2, 0.25) is 11.8 Å². The first-order valence-corrected chi connectivity index (χ1v) is 8.11. The zero-order chi connectivity index (χ0) is 16.7. The Bertz CT molecular complexity index is 548. The number of guanidine groups is 1. The molecule has 1 amide bonds. The molecule has 2 heterocycles. The number of aliphatic imine (C=N–C) groups is 1. The zero-order valence-electron chi connectivity index (χ0n) is 14.3. The maximum Gasteiger partial charge on any atom is 0.226 e. The first-order valence-electron chi connectivity index (χ1n) is 8.11. The number of carbonyl (C=O) groups is 1. The van der Waals surface area contributed by atoms with Crippen LogP contribution in [-0.2, 0) is 11.2 Å². The number of carbonyl (C=O) groups excluding carboxylic acids is 1. The molecule has 1 atom stereocenters. The Morgan fingerprint density at radius 3 is 2.96 bits per heavy atom. The molecule has 0 bridgehead atoms. The van der Waals surface area contributed by atoms with Crippen molar-refractivity contribution in [3.63, 3.8) is 0 Å². The van der Waals surface area contributed by atoms with Crippen molar-refractivity contribution in [2.45, 2.75) is 39.0 Å². The Morgan fingerprint density at radius 2 is 2.33 bits per heavy atom. The van der Waals surface area contributed by atoms with E-state index in [2.05, 4.69) is 25.3 Å². The highest BCUT2D eigenvalue weighted by atomic mass is 127. The second-order valence-corrected chi connectivity index (χ2v) is 5.94. The molecule has 1 aliphatic heterocycles. The van der Waals surface area contributed by atoms with Crippen LogP contribution in [0.5, 0.6) is 0 Å². The number of likely N-dealkylation sites (tertiary alicyclic amines) is 1. The predicted molar refractivity (Wildman–Crippen MR) is 102 cm³/mol. The van der Waals surface area contributed by atoms with E-state index in [1.165, 1.54) is 0 Å². The summed E-state index contributed by atoms with van der Waals surface area (Å²) in [6, 6.07) is 0. The highest BCUT2D eigenvalue weighted by Crippen LogP contribution is 2.19. The highest BCUT2D eigenvalue weighted by Gasteiger charge is 2.23. The van der Waals surface area contributed by atoms with Gasteiger partial charge in [0.1, 0.15) is 0 Å². The summed E-state index contributed by atoms with van der Waals surface area (Å²) in [5.41, 5.74) is 5.31. The number of amides is 1. The summed E-state index contributed by atoms with van der Waals surface area (Å²) in [5.74, 6) is 2.30. The molecule has 1 unspecified atom stereocenters. The Labute approximate surface area is 159 Å². The molecule has 1 aromatic heterocycles. The van der Waals surface area contributed by atoms with Crippen molar-refractivity contribution in [2.24, 2.45) is 16.6 Å². The number of aromatic nitrogens is 2. The van der Waals surface area contributed by atoms with Gasteiger partial charge in [-0.25, -0.2) is 0 Å². The smallest absolute Gasteiger partial charge is 0.226 e. The number of hydrogen-bond donors (Lipinski definition) is 2. The minimum Gasteiger partial charge on any atom is -0.370 e. The summed E-state index contributed by atoms with van der Waals surface area (Å²) in [4.78, 5) is 21.8. The van der Waals surface area contributed by atoms with Crippen LogP contribution in [0.15, 0.2) is 9.52 Å². The van der Waals surface area contributed by atoms with Gasteiger partial charge >= 0.3 is 0 Å². The monoisotopic (exact) mass is 450 g/mol. The molecule has 8 nitrogen and oxygen atoms in total. The summed E-state index contributed by atoms with van der Waals surface area (Å²) in [6.07, 6.45) is 4.19. The second kappa shape index (κ2) is 10.5. The molecule has 1 saturated heterocycles. The summed E-state index contributed by atoms with van der Waals surface area (Å²) < 4.78 is 5.09. The van der Waals surface area contributed by atoms with Gasteiger partial charge in [0, 0.05) is 39.5 Å². The van der Waals surface area contributed by atoms with Crippen LogP contribution >= 0.6 is 24.0 Å².